The normalized spacial score (nSPS) is 10.5. The molecule has 0 aliphatic rings. The molecule has 22 heavy (non-hydrogen) atoms. The van der Waals surface area contributed by atoms with E-state index in [0.717, 1.165) is 23.8 Å². The second-order valence-corrected chi connectivity index (χ2v) is 5.40. The van der Waals surface area contributed by atoms with Gasteiger partial charge >= 0.3 is 0 Å². The van der Waals surface area contributed by atoms with Gasteiger partial charge in [0, 0.05) is 24.1 Å². The highest BCUT2D eigenvalue weighted by molar-refractivity contribution is 5.63. The Bertz CT molecular complexity index is 764. The zero-order valence-corrected chi connectivity index (χ0v) is 12.9. The lowest BCUT2D eigenvalue weighted by Gasteiger charge is -2.08. The summed E-state index contributed by atoms with van der Waals surface area (Å²) in [5, 5.41) is 3.35. The van der Waals surface area contributed by atoms with Gasteiger partial charge in [-0.3, -0.25) is 4.98 Å². The Hall–Kier alpha value is -2.68. The Morgan fingerprint density at radius 1 is 0.864 bits per heavy atom. The van der Waals surface area contributed by atoms with Crippen LogP contribution in [-0.4, -0.2) is 9.97 Å². The summed E-state index contributed by atoms with van der Waals surface area (Å²) >= 11 is 0. The molecule has 3 heteroatoms. The lowest BCUT2D eigenvalue weighted by atomic mass is 10.0. The summed E-state index contributed by atoms with van der Waals surface area (Å²) in [6.07, 6.45) is 1.85. The molecule has 0 amide bonds. The zero-order chi connectivity index (χ0) is 15.4. The lowest BCUT2D eigenvalue weighted by Crippen LogP contribution is -2.01. The Kier molecular flexibility index (Phi) is 4.15. The predicted octanol–water partition coefficient (Wildman–Crippen LogP) is 4.37. The molecule has 0 unspecified atom stereocenters. The van der Waals surface area contributed by atoms with Crippen molar-refractivity contribution < 1.29 is 0 Å². The van der Waals surface area contributed by atoms with Crippen LogP contribution in [0.2, 0.25) is 0 Å². The first-order valence-electron chi connectivity index (χ1n) is 7.40. The predicted molar refractivity (Wildman–Crippen MR) is 90.7 cm³/mol. The fourth-order valence-corrected chi connectivity index (χ4v) is 2.37. The van der Waals surface area contributed by atoms with Gasteiger partial charge in [0.05, 0.1) is 0 Å². The van der Waals surface area contributed by atoms with Crippen molar-refractivity contribution in [2.45, 2.75) is 20.4 Å². The maximum absolute atomic E-state index is 4.45. The second kappa shape index (κ2) is 6.39. The summed E-state index contributed by atoms with van der Waals surface area (Å²) in [4.78, 5) is 8.68. The maximum atomic E-state index is 4.45. The summed E-state index contributed by atoms with van der Waals surface area (Å²) in [5.41, 5.74) is 5.70. The topological polar surface area (TPSA) is 37.8 Å². The van der Waals surface area contributed by atoms with Crippen molar-refractivity contribution in [3.63, 3.8) is 0 Å². The number of nitrogens with one attached hydrogen (secondary N) is 1. The highest BCUT2D eigenvalue weighted by atomic mass is 15.0. The van der Waals surface area contributed by atoms with Crippen LogP contribution in [0.25, 0.3) is 11.1 Å². The summed E-state index contributed by atoms with van der Waals surface area (Å²) in [6.45, 7) is 4.78. The van der Waals surface area contributed by atoms with Crippen molar-refractivity contribution in [1.82, 2.24) is 9.97 Å². The molecule has 3 rings (SSSR count). The Morgan fingerprint density at radius 3 is 2.41 bits per heavy atom. The van der Waals surface area contributed by atoms with Crippen LogP contribution in [0.5, 0.6) is 0 Å². The van der Waals surface area contributed by atoms with E-state index in [4.69, 9.17) is 0 Å². The minimum Gasteiger partial charge on any atom is -0.366 e. The number of rotatable bonds is 4. The summed E-state index contributed by atoms with van der Waals surface area (Å²) in [7, 11) is 0. The van der Waals surface area contributed by atoms with E-state index in [2.05, 4.69) is 45.6 Å². The Morgan fingerprint density at radius 2 is 1.68 bits per heavy atom. The number of hydrogen-bond donors (Lipinski definition) is 1. The van der Waals surface area contributed by atoms with E-state index < -0.39 is 0 Å². The highest BCUT2D eigenvalue weighted by Gasteiger charge is 2.00. The Labute approximate surface area is 131 Å². The largest absolute Gasteiger partial charge is 0.366 e. The van der Waals surface area contributed by atoms with Gasteiger partial charge in [0.1, 0.15) is 5.82 Å². The van der Waals surface area contributed by atoms with Crippen LogP contribution in [0, 0.1) is 13.8 Å². The molecule has 0 fully saturated rings. The van der Waals surface area contributed by atoms with E-state index in [1.165, 1.54) is 16.7 Å². The summed E-state index contributed by atoms with van der Waals surface area (Å²) in [5.74, 6) is 0.911. The van der Waals surface area contributed by atoms with Crippen molar-refractivity contribution in [2.75, 3.05) is 5.32 Å². The van der Waals surface area contributed by atoms with Crippen molar-refractivity contribution in [1.29, 1.82) is 0 Å². The number of aryl methyl sites for hydroxylation is 2. The third-order valence-electron chi connectivity index (χ3n) is 3.55. The molecule has 0 aliphatic heterocycles. The van der Waals surface area contributed by atoms with Crippen LogP contribution in [0.4, 0.5) is 5.82 Å². The molecule has 110 valence electrons. The van der Waals surface area contributed by atoms with Gasteiger partial charge in [-0.25, -0.2) is 4.98 Å². The van der Waals surface area contributed by atoms with Crippen LogP contribution >= 0.6 is 0 Å². The maximum Gasteiger partial charge on any atom is 0.126 e. The molecule has 1 aromatic carbocycles. The molecule has 3 nitrogen and oxygen atoms in total. The summed E-state index contributed by atoms with van der Waals surface area (Å²) in [6, 6.07) is 18.7. The molecule has 3 aromatic rings. The average molecular weight is 289 g/mol. The third kappa shape index (κ3) is 3.50. The van der Waals surface area contributed by atoms with Crippen molar-refractivity contribution >= 4 is 5.82 Å². The number of pyridine rings is 2. The fraction of sp³-hybridized carbons (Fsp3) is 0.158. The van der Waals surface area contributed by atoms with E-state index in [9.17, 15) is 0 Å². The van der Waals surface area contributed by atoms with Gasteiger partial charge in [-0.1, -0.05) is 30.3 Å². The average Bonchev–Trinajstić information content (AvgIpc) is 2.54. The van der Waals surface area contributed by atoms with Gasteiger partial charge in [0.15, 0.2) is 0 Å². The van der Waals surface area contributed by atoms with Gasteiger partial charge in [-0.15, -0.1) is 0 Å². The minimum absolute atomic E-state index is 0.770. The fourth-order valence-electron chi connectivity index (χ4n) is 2.37. The molecule has 0 atom stereocenters. The molecule has 0 spiro atoms. The quantitative estimate of drug-likeness (QED) is 0.775. The van der Waals surface area contributed by atoms with Gasteiger partial charge in [0.25, 0.3) is 0 Å². The van der Waals surface area contributed by atoms with Gasteiger partial charge in [-0.2, -0.15) is 0 Å². The summed E-state index contributed by atoms with van der Waals surface area (Å²) < 4.78 is 0. The Balaban J connectivity index is 1.69. The van der Waals surface area contributed by atoms with Gasteiger partial charge in [0.2, 0.25) is 0 Å². The third-order valence-corrected chi connectivity index (χ3v) is 3.55. The first-order valence-corrected chi connectivity index (χ1v) is 7.40. The second-order valence-electron chi connectivity index (χ2n) is 5.40. The SMILES string of the molecule is Cc1cc(-c2ccc(CNc3cccc(C)n3)cc2)ccn1. The van der Waals surface area contributed by atoms with Crippen LogP contribution in [0.1, 0.15) is 17.0 Å². The number of nitrogens with zero attached hydrogens (tertiary/aromatic N) is 2. The number of hydrogen-bond acceptors (Lipinski definition) is 3. The molecular formula is C19H19N3. The van der Waals surface area contributed by atoms with E-state index in [1.807, 2.05) is 44.3 Å². The van der Waals surface area contributed by atoms with Crippen LogP contribution in [0.15, 0.2) is 60.8 Å². The first kappa shape index (κ1) is 14.3. The van der Waals surface area contributed by atoms with Crippen molar-refractivity contribution in [3.8, 4) is 11.1 Å². The van der Waals surface area contributed by atoms with E-state index in [1.54, 1.807) is 0 Å². The highest BCUT2D eigenvalue weighted by Crippen LogP contribution is 2.20. The molecule has 1 N–H and O–H groups in total. The van der Waals surface area contributed by atoms with E-state index in [-0.39, 0.29) is 0 Å². The molecule has 2 aromatic heterocycles. The molecule has 0 radical (unpaired) electrons. The van der Waals surface area contributed by atoms with Gasteiger partial charge in [-0.05, 0) is 54.8 Å². The van der Waals surface area contributed by atoms with Crippen LogP contribution < -0.4 is 5.32 Å². The molecular weight excluding hydrogens is 270 g/mol. The van der Waals surface area contributed by atoms with Gasteiger partial charge < -0.3 is 5.32 Å². The molecule has 0 aliphatic carbocycles. The van der Waals surface area contributed by atoms with Crippen LogP contribution in [0.3, 0.4) is 0 Å². The van der Waals surface area contributed by atoms with E-state index in [0.29, 0.717) is 0 Å². The van der Waals surface area contributed by atoms with E-state index >= 15 is 0 Å². The molecule has 0 saturated carbocycles. The smallest absolute Gasteiger partial charge is 0.126 e. The lowest BCUT2D eigenvalue weighted by molar-refractivity contribution is 1.09. The standard InChI is InChI=1S/C19H19N3/c1-14-4-3-5-19(22-14)21-13-16-6-8-17(9-7-16)18-10-11-20-15(2)12-18/h3-12H,13H2,1-2H3,(H,21,22). The minimum atomic E-state index is 0.770. The molecule has 2 heterocycles. The number of benzene rings is 1. The number of anilines is 1. The first-order chi connectivity index (χ1) is 10.7. The zero-order valence-electron chi connectivity index (χ0n) is 12.9. The monoisotopic (exact) mass is 289 g/mol. The van der Waals surface area contributed by atoms with Crippen molar-refractivity contribution in [3.05, 3.63) is 77.7 Å². The van der Waals surface area contributed by atoms with Crippen LogP contribution in [-0.2, 0) is 6.54 Å². The number of aromatic nitrogens is 2. The molecule has 0 saturated heterocycles. The molecule has 0 bridgehead atoms. The van der Waals surface area contributed by atoms with Crippen molar-refractivity contribution in [2.24, 2.45) is 0 Å².